The van der Waals surface area contributed by atoms with Crippen molar-refractivity contribution in [2.24, 2.45) is 11.7 Å². The van der Waals surface area contributed by atoms with E-state index in [2.05, 4.69) is 5.32 Å². The summed E-state index contributed by atoms with van der Waals surface area (Å²) in [6, 6.07) is 1.60. The first-order valence-electron chi connectivity index (χ1n) is 5.19. The number of hydrogen-bond acceptors (Lipinski definition) is 3. The molecule has 0 aliphatic heterocycles. The fraction of sp³-hybridized carbons (Fsp3) is 0.545. The van der Waals surface area contributed by atoms with Crippen LogP contribution < -0.4 is 11.1 Å². The van der Waals surface area contributed by atoms with Crippen LogP contribution in [-0.4, -0.2) is 11.9 Å². The number of carbonyl (C=O) groups is 1. The van der Waals surface area contributed by atoms with Gasteiger partial charge in [-0.05, 0) is 28.3 Å². The third kappa shape index (κ3) is 3.64. The molecule has 3 nitrogen and oxygen atoms in total. The quantitative estimate of drug-likeness (QED) is 0.803. The summed E-state index contributed by atoms with van der Waals surface area (Å²) < 4.78 is 0. The van der Waals surface area contributed by atoms with Crippen LogP contribution in [0.2, 0.25) is 0 Å². The van der Waals surface area contributed by atoms with Gasteiger partial charge in [-0.3, -0.25) is 4.79 Å². The molecular formula is C11H18N2OS. The van der Waals surface area contributed by atoms with Crippen molar-refractivity contribution < 1.29 is 4.79 Å². The zero-order chi connectivity index (χ0) is 11.3. The second-order valence-corrected chi connectivity index (χ2v) is 4.54. The van der Waals surface area contributed by atoms with E-state index in [9.17, 15) is 4.79 Å². The Morgan fingerprint density at radius 1 is 1.67 bits per heavy atom. The van der Waals surface area contributed by atoms with E-state index in [4.69, 9.17) is 5.73 Å². The molecule has 0 aliphatic rings. The maximum absolute atomic E-state index is 11.6. The Kier molecular flexibility index (Phi) is 4.78. The van der Waals surface area contributed by atoms with Gasteiger partial charge in [-0.1, -0.05) is 20.3 Å². The van der Waals surface area contributed by atoms with Crippen molar-refractivity contribution in [2.75, 3.05) is 0 Å². The molecule has 0 saturated heterocycles. The highest BCUT2D eigenvalue weighted by Crippen LogP contribution is 2.07. The fourth-order valence-corrected chi connectivity index (χ4v) is 1.88. The molecule has 0 aliphatic carbocycles. The molecule has 1 aromatic rings. The van der Waals surface area contributed by atoms with E-state index in [1.165, 1.54) is 0 Å². The Bertz CT molecular complexity index is 298. The van der Waals surface area contributed by atoms with Crippen LogP contribution in [0.3, 0.4) is 0 Å². The molecule has 0 unspecified atom stereocenters. The summed E-state index contributed by atoms with van der Waals surface area (Å²) >= 11 is 1.63. The summed E-state index contributed by atoms with van der Waals surface area (Å²) in [5.41, 5.74) is 6.93. The van der Waals surface area contributed by atoms with Gasteiger partial charge in [0.25, 0.3) is 0 Å². The third-order valence-electron chi connectivity index (χ3n) is 2.61. The predicted molar refractivity (Wildman–Crippen MR) is 63.6 cm³/mol. The molecule has 3 N–H and O–H groups in total. The molecule has 0 saturated carbocycles. The van der Waals surface area contributed by atoms with Crippen LogP contribution in [0.1, 0.15) is 25.8 Å². The van der Waals surface area contributed by atoms with Gasteiger partial charge in [0.1, 0.15) is 0 Å². The van der Waals surface area contributed by atoms with Crippen molar-refractivity contribution in [2.45, 2.75) is 32.9 Å². The van der Waals surface area contributed by atoms with Crippen LogP contribution in [0.4, 0.5) is 0 Å². The van der Waals surface area contributed by atoms with Crippen LogP contribution in [-0.2, 0) is 11.3 Å². The van der Waals surface area contributed by atoms with E-state index in [1.54, 1.807) is 11.3 Å². The van der Waals surface area contributed by atoms with Crippen LogP contribution in [0, 0.1) is 5.92 Å². The van der Waals surface area contributed by atoms with E-state index < -0.39 is 6.04 Å². The minimum Gasteiger partial charge on any atom is -0.351 e. The monoisotopic (exact) mass is 226 g/mol. The Morgan fingerprint density at radius 3 is 2.93 bits per heavy atom. The maximum Gasteiger partial charge on any atom is 0.237 e. The second-order valence-electron chi connectivity index (χ2n) is 3.76. The maximum atomic E-state index is 11.6. The van der Waals surface area contributed by atoms with Crippen molar-refractivity contribution in [3.05, 3.63) is 22.4 Å². The molecule has 0 bridgehead atoms. The van der Waals surface area contributed by atoms with E-state index in [1.807, 2.05) is 30.7 Å². The average molecular weight is 226 g/mol. The van der Waals surface area contributed by atoms with Gasteiger partial charge in [-0.2, -0.15) is 11.3 Å². The smallest absolute Gasteiger partial charge is 0.237 e. The van der Waals surface area contributed by atoms with Crippen LogP contribution in [0.5, 0.6) is 0 Å². The van der Waals surface area contributed by atoms with Crippen molar-refractivity contribution in [3.63, 3.8) is 0 Å². The first-order chi connectivity index (χ1) is 7.15. The highest BCUT2D eigenvalue weighted by atomic mass is 32.1. The number of rotatable bonds is 5. The molecule has 0 aromatic carbocycles. The molecule has 4 heteroatoms. The van der Waals surface area contributed by atoms with E-state index >= 15 is 0 Å². The van der Waals surface area contributed by atoms with Gasteiger partial charge in [0.05, 0.1) is 6.04 Å². The van der Waals surface area contributed by atoms with Crippen molar-refractivity contribution in [3.8, 4) is 0 Å². The molecular weight excluding hydrogens is 208 g/mol. The standard InChI is InChI=1S/C11H18N2OS/c1-3-8(2)10(12)11(14)13-6-9-4-5-15-7-9/h4-5,7-8,10H,3,6,12H2,1-2H3,(H,13,14)/t8-,10-/m0/s1. The van der Waals surface area contributed by atoms with Crippen LogP contribution in [0.15, 0.2) is 16.8 Å². The van der Waals surface area contributed by atoms with Crippen LogP contribution in [0.25, 0.3) is 0 Å². The summed E-state index contributed by atoms with van der Waals surface area (Å²) in [6.07, 6.45) is 0.924. The minimum absolute atomic E-state index is 0.0597. The highest BCUT2D eigenvalue weighted by Gasteiger charge is 2.18. The summed E-state index contributed by atoms with van der Waals surface area (Å²) in [5, 5.41) is 6.86. The molecule has 15 heavy (non-hydrogen) atoms. The van der Waals surface area contributed by atoms with Crippen molar-refractivity contribution in [1.82, 2.24) is 5.32 Å². The third-order valence-corrected chi connectivity index (χ3v) is 3.34. The molecule has 1 aromatic heterocycles. The topological polar surface area (TPSA) is 55.1 Å². The van der Waals surface area contributed by atoms with Gasteiger partial charge >= 0.3 is 0 Å². The van der Waals surface area contributed by atoms with E-state index in [-0.39, 0.29) is 11.8 Å². The molecule has 84 valence electrons. The van der Waals surface area contributed by atoms with Gasteiger partial charge in [0.15, 0.2) is 0 Å². The molecule has 0 radical (unpaired) electrons. The normalized spacial score (nSPS) is 14.6. The largest absolute Gasteiger partial charge is 0.351 e. The number of thiophene rings is 1. The number of hydrogen-bond donors (Lipinski definition) is 2. The Labute approximate surface area is 94.7 Å². The number of nitrogens with one attached hydrogen (secondary N) is 1. The van der Waals surface area contributed by atoms with Crippen LogP contribution >= 0.6 is 11.3 Å². The SMILES string of the molecule is CC[C@H](C)[C@H](N)C(=O)NCc1ccsc1. The van der Waals surface area contributed by atoms with E-state index in [0.29, 0.717) is 6.54 Å². The first-order valence-corrected chi connectivity index (χ1v) is 6.13. The van der Waals surface area contributed by atoms with Crippen molar-refractivity contribution in [1.29, 1.82) is 0 Å². The van der Waals surface area contributed by atoms with E-state index in [0.717, 1.165) is 12.0 Å². The summed E-state index contributed by atoms with van der Waals surface area (Å²) in [6.45, 7) is 4.61. The second kappa shape index (κ2) is 5.88. The fourth-order valence-electron chi connectivity index (χ4n) is 1.21. The zero-order valence-electron chi connectivity index (χ0n) is 9.19. The minimum atomic E-state index is -0.395. The molecule has 0 fully saturated rings. The highest BCUT2D eigenvalue weighted by molar-refractivity contribution is 7.07. The Balaban J connectivity index is 2.36. The van der Waals surface area contributed by atoms with Gasteiger partial charge < -0.3 is 11.1 Å². The Morgan fingerprint density at radius 2 is 2.40 bits per heavy atom. The molecule has 1 rings (SSSR count). The van der Waals surface area contributed by atoms with Crippen molar-refractivity contribution >= 4 is 17.2 Å². The summed E-state index contributed by atoms with van der Waals surface area (Å²) in [4.78, 5) is 11.6. The molecule has 0 spiro atoms. The van der Waals surface area contributed by atoms with Gasteiger partial charge in [0.2, 0.25) is 5.91 Å². The molecule has 1 amide bonds. The lowest BCUT2D eigenvalue weighted by atomic mass is 9.99. The number of carbonyl (C=O) groups excluding carboxylic acids is 1. The Hall–Kier alpha value is -0.870. The zero-order valence-corrected chi connectivity index (χ0v) is 10.0. The number of nitrogens with two attached hydrogens (primary N) is 1. The predicted octanol–water partition coefficient (Wildman–Crippen LogP) is 1.74. The lowest BCUT2D eigenvalue weighted by molar-refractivity contribution is -0.123. The summed E-state index contributed by atoms with van der Waals surface area (Å²) in [7, 11) is 0. The molecule has 2 atom stereocenters. The summed E-state index contributed by atoms with van der Waals surface area (Å²) in [5.74, 6) is 0.169. The van der Waals surface area contributed by atoms with Gasteiger partial charge in [-0.15, -0.1) is 0 Å². The lowest BCUT2D eigenvalue weighted by Gasteiger charge is -2.17. The van der Waals surface area contributed by atoms with Gasteiger partial charge in [0, 0.05) is 6.54 Å². The lowest BCUT2D eigenvalue weighted by Crippen LogP contribution is -2.44. The molecule has 1 heterocycles. The average Bonchev–Trinajstić information content (AvgIpc) is 2.76. The first kappa shape index (κ1) is 12.2. The number of amides is 1. The van der Waals surface area contributed by atoms with Gasteiger partial charge in [-0.25, -0.2) is 0 Å².